The van der Waals surface area contributed by atoms with E-state index in [0.29, 0.717) is 43.6 Å². The van der Waals surface area contributed by atoms with Gasteiger partial charge in [0.15, 0.2) is 0 Å². The number of ether oxygens (including phenoxy) is 1. The summed E-state index contributed by atoms with van der Waals surface area (Å²) < 4.78 is 5.23. The number of carbonyl (C=O) groups is 1. The van der Waals surface area contributed by atoms with Crippen LogP contribution in [0.5, 0.6) is 5.75 Å². The SMILES string of the molecule is COc1cccc(Nc2cc(C(=O)N3CCN(c4ncccn4)CC3)ncn2)c1. The third-order valence-corrected chi connectivity index (χ3v) is 4.63. The highest BCUT2D eigenvalue weighted by atomic mass is 16.5. The van der Waals surface area contributed by atoms with E-state index in [4.69, 9.17) is 4.74 Å². The molecule has 4 rings (SSSR count). The highest BCUT2D eigenvalue weighted by molar-refractivity contribution is 5.93. The Labute approximate surface area is 168 Å². The number of carbonyl (C=O) groups excluding carboxylic acids is 1. The van der Waals surface area contributed by atoms with Crippen LogP contribution in [0.3, 0.4) is 0 Å². The predicted octanol–water partition coefficient (Wildman–Crippen LogP) is 1.98. The molecule has 1 N–H and O–H groups in total. The third kappa shape index (κ3) is 4.40. The Morgan fingerprint density at radius 2 is 1.79 bits per heavy atom. The van der Waals surface area contributed by atoms with Gasteiger partial charge in [0.1, 0.15) is 23.6 Å². The molecule has 9 heteroatoms. The normalized spacial score (nSPS) is 13.8. The molecule has 1 aliphatic rings. The Kier molecular flexibility index (Phi) is 5.46. The van der Waals surface area contributed by atoms with Crippen LogP contribution in [0.25, 0.3) is 0 Å². The Bertz CT molecular complexity index is 975. The van der Waals surface area contributed by atoms with Crippen LogP contribution in [-0.2, 0) is 0 Å². The molecule has 0 bridgehead atoms. The summed E-state index contributed by atoms with van der Waals surface area (Å²) in [6, 6.07) is 10.9. The maximum atomic E-state index is 12.9. The maximum Gasteiger partial charge on any atom is 0.272 e. The first-order valence-electron chi connectivity index (χ1n) is 9.27. The van der Waals surface area contributed by atoms with Gasteiger partial charge in [-0.05, 0) is 18.2 Å². The van der Waals surface area contributed by atoms with Crippen molar-refractivity contribution in [3.8, 4) is 5.75 Å². The molecule has 148 valence electrons. The summed E-state index contributed by atoms with van der Waals surface area (Å²) >= 11 is 0. The topological polar surface area (TPSA) is 96.4 Å². The zero-order chi connectivity index (χ0) is 20.1. The number of anilines is 3. The van der Waals surface area contributed by atoms with Gasteiger partial charge >= 0.3 is 0 Å². The van der Waals surface area contributed by atoms with Gasteiger partial charge in [0.25, 0.3) is 5.91 Å². The van der Waals surface area contributed by atoms with Gasteiger partial charge in [0.2, 0.25) is 5.95 Å². The average Bonchev–Trinajstić information content (AvgIpc) is 2.79. The molecule has 9 nitrogen and oxygen atoms in total. The van der Waals surface area contributed by atoms with Crippen molar-refractivity contribution < 1.29 is 9.53 Å². The van der Waals surface area contributed by atoms with Crippen molar-refractivity contribution in [1.82, 2.24) is 24.8 Å². The van der Waals surface area contributed by atoms with Gasteiger partial charge in [0, 0.05) is 56.4 Å². The van der Waals surface area contributed by atoms with E-state index in [0.717, 1.165) is 11.4 Å². The minimum absolute atomic E-state index is 0.116. The van der Waals surface area contributed by atoms with Crippen molar-refractivity contribution in [2.24, 2.45) is 0 Å². The van der Waals surface area contributed by atoms with Crippen LogP contribution in [0.2, 0.25) is 0 Å². The molecule has 29 heavy (non-hydrogen) atoms. The van der Waals surface area contributed by atoms with Crippen molar-refractivity contribution >= 4 is 23.4 Å². The monoisotopic (exact) mass is 391 g/mol. The highest BCUT2D eigenvalue weighted by Gasteiger charge is 2.24. The van der Waals surface area contributed by atoms with Crippen LogP contribution in [-0.4, -0.2) is 64.0 Å². The van der Waals surface area contributed by atoms with Gasteiger partial charge in [0.05, 0.1) is 7.11 Å². The first-order valence-corrected chi connectivity index (χ1v) is 9.27. The smallest absolute Gasteiger partial charge is 0.272 e. The van der Waals surface area contributed by atoms with Crippen LogP contribution < -0.4 is 15.0 Å². The number of nitrogens with one attached hydrogen (secondary N) is 1. The zero-order valence-electron chi connectivity index (χ0n) is 16.0. The van der Waals surface area contributed by atoms with Gasteiger partial charge in [-0.1, -0.05) is 6.07 Å². The molecular weight excluding hydrogens is 370 g/mol. The minimum Gasteiger partial charge on any atom is -0.497 e. The highest BCUT2D eigenvalue weighted by Crippen LogP contribution is 2.20. The van der Waals surface area contributed by atoms with Gasteiger partial charge in [-0.25, -0.2) is 19.9 Å². The largest absolute Gasteiger partial charge is 0.497 e. The van der Waals surface area contributed by atoms with E-state index >= 15 is 0 Å². The molecule has 1 aliphatic heterocycles. The first kappa shape index (κ1) is 18.6. The summed E-state index contributed by atoms with van der Waals surface area (Å²) in [5.74, 6) is 1.86. The van der Waals surface area contributed by atoms with Crippen molar-refractivity contribution in [3.63, 3.8) is 0 Å². The zero-order valence-corrected chi connectivity index (χ0v) is 16.0. The second-order valence-corrected chi connectivity index (χ2v) is 6.47. The van der Waals surface area contributed by atoms with Gasteiger partial charge in [-0.3, -0.25) is 4.79 Å². The lowest BCUT2D eigenvalue weighted by molar-refractivity contribution is 0.0740. The van der Waals surface area contributed by atoms with E-state index in [1.165, 1.54) is 6.33 Å². The Morgan fingerprint density at radius 3 is 2.55 bits per heavy atom. The number of benzene rings is 1. The lowest BCUT2D eigenvalue weighted by atomic mass is 10.2. The molecule has 0 unspecified atom stereocenters. The van der Waals surface area contributed by atoms with E-state index in [1.54, 1.807) is 36.5 Å². The van der Waals surface area contributed by atoms with Crippen molar-refractivity contribution in [1.29, 1.82) is 0 Å². The molecular formula is C20H21N7O2. The van der Waals surface area contributed by atoms with Crippen molar-refractivity contribution in [3.05, 3.63) is 60.8 Å². The Morgan fingerprint density at radius 1 is 1.00 bits per heavy atom. The molecule has 1 amide bonds. The minimum atomic E-state index is -0.116. The second-order valence-electron chi connectivity index (χ2n) is 6.47. The molecule has 0 saturated carbocycles. The number of piperazine rings is 1. The summed E-state index contributed by atoms with van der Waals surface area (Å²) in [7, 11) is 1.62. The number of amides is 1. The molecule has 1 saturated heterocycles. The standard InChI is InChI=1S/C20H21N7O2/c1-29-16-5-2-4-15(12-16)25-18-13-17(23-14-24-18)19(28)26-8-10-27(11-9-26)20-21-6-3-7-22-20/h2-7,12-14H,8-11H2,1H3,(H,23,24,25). The van der Waals surface area contributed by atoms with Crippen molar-refractivity contribution in [2.45, 2.75) is 0 Å². The van der Waals surface area contributed by atoms with E-state index in [-0.39, 0.29) is 5.91 Å². The lowest BCUT2D eigenvalue weighted by Gasteiger charge is -2.34. The number of methoxy groups -OCH3 is 1. The van der Waals surface area contributed by atoms with Crippen LogP contribution in [0.15, 0.2) is 55.1 Å². The van der Waals surface area contributed by atoms with Crippen molar-refractivity contribution in [2.75, 3.05) is 43.5 Å². The van der Waals surface area contributed by atoms with Crippen LogP contribution in [0, 0.1) is 0 Å². The summed E-state index contributed by atoms with van der Waals surface area (Å²) in [5, 5.41) is 3.18. The molecule has 0 radical (unpaired) electrons. The molecule has 0 spiro atoms. The fraction of sp³-hybridized carbons (Fsp3) is 0.250. The molecule has 0 atom stereocenters. The van der Waals surface area contributed by atoms with E-state index in [1.807, 2.05) is 24.3 Å². The molecule has 0 aliphatic carbocycles. The van der Waals surface area contributed by atoms with Gasteiger partial charge in [-0.15, -0.1) is 0 Å². The number of hydrogen-bond acceptors (Lipinski definition) is 8. The summed E-state index contributed by atoms with van der Waals surface area (Å²) in [6.07, 6.45) is 4.83. The Hall–Kier alpha value is -3.75. The molecule has 3 aromatic rings. The fourth-order valence-corrected chi connectivity index (χ4v) is 3.12. The van der Waals surface area contributed by atoms with E-state index < -0.39 is 0 Å². The van der Waals surface area contributed by atoms with Crippen LogP contribution in [0.4, 0.5) is 17.5 Å². The summed E-state index contributed by atoms with van der Waals surface area (Å²) in [6.45, 7) is 2.52. The number of nitrogens with zero attached hydrogens (tertiary/aromatic N) is 6. The molecule has 3 heterocycles. The van der Waals surface area contributed by atoms with E-state index in [2.05, 4.69) is 30.2 Å². The fourth-order valence-electron chi connectivity index (χ4n) is 3.12. The first-order chi connectivity index (χ1) is 14.2. The lowest BCUT2D eigenvalue weighted by Crippen LogP contribution is -2.49. The number of rotatable bonds is 5. The second kappa shape index (κ2) is 8.51. The summed E-state index contributed by atoms with van der Waals surface area (Å²) in [5.41, 5.74) is 1.17. The van der Waals surface area contributed by atoms with Crippen LogP contribution in [0.1, 0.15) is 10.5 Å². The quantitative estimate of drug-likeness (QED) is 0.705. The van der Waals surface area contributed by atoms with Gasteiger partial charge in [-0.2, -0.15) is 0 Å². The maximum absolute atomic E-state index is 12.9. The third-order valence-electron chi connectivity index (χ3n) is 4.63. The average molecular weight is 391 g/mol. The molecule has 2 aromatic heterocycles. The predicted molar refractivity (Wildman–Crippen MR) is 108 cm³/mol. The summed E-state index contributed by atoms with van der Waals surface area (Å²) in [4.78, 5) is 33.7. The van der Waals surface area contributed by atoms with Gasteiger partial charge < -0.3 is 19.9 Å². The molecule has 1 fully saturated rings. The Balaban J connectivity index is 1.41. The van der Waals surface area contributed by atoms with E-state index in [9.17, 15) is 4.79 Å². The number of aromatic nitrogens is 4. The van der Waals surface area contributed by atoms with Crippen LogP contribution >= 0.6 is 0 Å². The molecule has 1 aromatic carbocycles. The number of hydrogen-bond donors (Lipinski definition) is 1.